The number of hydrogen-bond donors (Lipinski definition) is 12. The lowest BCUT2D eigenvalue weighted by Crippen LogP contribution is -2.58. The number of benzene rings is 6. The number of aromatic amines is 3. The van der Waals surface area contributed by atoms with Gasteiger partial charge in [0.1, 0.15) is 0 Å². The van der Waals surface area contributed by atoms with Crippen molar-refractivity contribution in [1.82, 2.24) is 15.0 Å². The fourth-order valence-electron chi connectivity index (χ4n) is 11.3. The molecule has 0 aliphatic rings. The van der Waals surface area contributed by atoms with E-state index in [0.717, 1.165) is 49.4 Å². The first-order valence-electron chi connectivity index (χ1n) is 29.3. The zero-order valence-electron chi connectivity index (χ0n) is 49.0. The second-order valence-electron chi connectivity index (χ2n) is 22.6. The van der Waals surface area contributed by atoms with E-state index in [2.05, 4.69) is 30.9 Å². The Balaban J connectivity index is 0.0000102. The van der Waals surface area contributed by atoms with Crippen LogP contribution in [0.2, 0.25) is 15.1 Å². The molecule has 0 fully saturated rings. The molecule has 18 N–H and O–H groups in total. The molecule has 89 heavy (non-hydrogen) atoms. The van der Waals surface area contributed by atoms with Crippen LogP contribution in [-0.4, -0.2) is 86.3 Å². The molecule has 0 bridgehead atoms. The molecule has 0 aliphatic heterocycles. The maximum atomic E-state index is 14.3. The van der Waals surface area contributed by atoms with Crippen molar-refractivity contribution in [2.75, 3.05) is 35.6 Å². The zero-order chi connectivity index (χ0) is 62.8. The third-order valence-corrected chi connectivity index (χ3v) is 17.2. The van der Waals surface area contributed by atoms with Crippen LogP contribution in [0.15, 0.2) is 146 Å². The van der Waals surface area contributed by atoms with Gasteiger partial charge in [0.05, 0.1) is 0 Å². The number of H-pyrrole nitrogens is 3. The van der Waals surface area contributed by atoms with E-state index in [1.54, 1.807) is 91.4 Å². The molecule has 3 heterocycles. The summed E-state index contributed by atoms with van der Waals surface area (Å²) in [4.78, 5) is 95.0. The molecule has 0 spiro atoms. The summed E-state index contributed by atoms with van der Waals surface area (Å²) in [7, 11) is 0. The number of nitrogens with one attached hydrogen (secondary N) is 6. The van der Waals surface area contributed by atoms with Crippen molar-refractivity contribution >= 4 is 132 Å². The molecular weight excluding hydrogens is 1210 g/mol. The maximum absolute atomic E-state index is 14.3. The molecule has 0 aliphatic carbocycles. The normalized spacial score (nSPS) is 13.6. The monoisotopic (exact) mass is 1280 g/mol. The Hall–Kier alpha value is -7.72. The number of halogens is 4. The number of hydrogen-bond acceptors (Lipinski definition) is 12. The first-order chi connectivity index (χ1) is 42.3. The number of aromatic nitrogens is 3. The Bertz CT molecular complexity index is 3590. The number of ketones is 3. The first-order valence-corrected chi connectivity index (χ1v) is 30.5. The van der Waals surface area contributed by atoms with E-state index in [1.165, 1.54) is 0 Å². The molecule has 0 saturated carbocycles. The number of fused-ring (bicyclic) bond motifs is 3. The summed E-state index contributed by atoms with van der Waals surface area (Å²) in [6.45, 7) is 1.07. The first kappa shape index (κ1) is 67.2. The lowest BCUT2D eigenvalue weighted by atomic mass is 9.83. The highest BCUT2D eigenvalue weighted by Gasteiger charge is 2.44. The molecule has 3 atom stereocenters. The smallest absolute Gasteiger partial charge is 0.252 e. The van der Waals surface area contributed by atoms with Crippen molar-refractivity contribution < 1.29 is 28.8 Å². The average Bonchev–Trinajstić information content (AvgIpc) is 2.75. The maximum Gasteiger partial charge on any atom is 0.252 e. The number of amides is 3. The van der Waals surface area contributed by atoms with E-state index < -0.39 is 57.6 Å². The predicted octanol–water partition coefficient (Wildman–Crippen LogP) is 10.4. The van der Waals surface area contributed by atoms with Crippen LogP contribution in [0.25, 0.3) is 32.7 Å². The minimum atomic E-state index is -1.90. The van der Waals surface area contributed by atoms with Crippen molar-refractivity contribution in [3.05, 3.63) is 194 Å². The van der Waals surface area contributed by atoms with Crippen molar-refractivity contribution in [3.8, 4) is 0 Å². The van der Waals surface area contributed by atoms with Gasteiger partial charge >= 0.3 is 0 Å². The van der Waals surface area contributed by atoms with Crippen molar-refractivity contribution in [2.24, 2.45) is 34.4 Å². The average molecular weight is 1290 g/mol. The van der Waals surface area contributed by atoms with Crippen molar-refractivity contribution in [3.63, 3.8) is 0 Å². The standard InChI is InChI=1S/C67H73Cl3N12O6.ClH/c68-46-13-22-52-43(37-77-55(52)34-46)31-58(83)65(74,25-1-4-28-71)62(86)80-49-16-7-40(8-17-49)61(41-9-18-50(19-10-41)81-63(87)66(75,26-2-5-29-72)59(84)32-44-38-78-56-35-47(69)14-23-53(44)56)42-11-20-51(21-12-42)82-64(88)67(76,27-3-6-30-73)60(85)33-45-39-79-57-36-48(70)15-24-54(45)57;/h7-24,34-39,61,77-79H,1-6,25-33,71-76H2,(H,80,86)(H,81,87)(H,82,88);1H/t65-,66-,67-;/m0./s1. The van der Waals surface area contributed by atoms with Gasteiger partial charge in [-0.15, -0.1) is 12.4 Å². The van der Waals surface area contributed by atoms with E-state index >= 15 is 0 Å². The van der Waals surface area contributed by atoms with Gasteiger partial charge in [-0.05, 0) is 184 Å². The van der Waals surface area contributed by atoms with E-state index in [1.807, 2.05) is 54.6 Å². The molecule has 18 nitrogen and oxygen atoms in total. The second-order valence-corrected chi connectivity index (χ2v) is 23.9. The summed E-state index contributed by atoms with van der Waals surface area (Å²) < 4.78 is 0. The highest BCUT2D eigenvalue weighted by molar-refractivity contribution is 6.32. The van der Waals surface area contributed by atoms with E-state index in [9.17, 15) is 28.8 Å². The molecular formula is C67H74Cl4N12O6. The van der Waals surface area contributed by atoms with Gasteiger partial charge in [-0.2, -0.15) is 0 Å². The Morgan fingerprint density at radius 1 is 0.393 bits per heavy atom. The van der Waals surface area contributed by atoms with Crippen LogP contribution in [0.5, 0.6) is 0 Å². The van der Waals surface area contributed by atoms with Crippen molar-refractivity contribution in [1.29, 1.82) is 0 Å². The van der Waals surface area contributed by atoms with Gasteiger partial charge in [0.15, 0.2) is 34.0 Å². The summed E-state index contributed by atoms with van der Waals surface area (Å²) in [6.07, 6.45) is 7.99. The summed E-state index contributed by atoms with van der Waals surface area (Å²) in [6, 6.07) is 37.3. The van der Waals surface area contributed by atoms with E-state index in [4.69, 9.17) is 69.2 Å². The highest BCUT2D eigenvalue weighted by atomic mass is 35.5. The third-order valence-electron chi connectivity index (χ3n) is 16.5. The van der Waals surface area contributed by atoms with Gasteiger partial charge in [-0.1, -0.05) is 89.4 Å². The van der Waals surface area contributed by atoms with Crippen LogP contribution in [0.4, 0.5) is 17.1 Å². The Morgan fingerprint density at radius 2 is 0.652 bits per heavy atom. The fraction of sp³-hybridized carbons (Fsp3) is 0.284. The van der Waals surface area contributed by atoms with Crippen LogP contribution in [0, 0.1) is 0 Å². The summed E-state index contributed by atoms with van der Waals surface area (Å²) in [5.41, 5.74) is 40.1. The number of anilines is 3. The Labute approximate surface area is 536 Å². The summed E-state index contributed by atoms with van der Waals surface area (Å²) >= 11 is 18.7. The quantitative estimate of drug-likeness (QED) is 0.0114. The predicted molar refractivity (Wildman–Crippen MR) is 359 cm³/mol. The molecule has 466 valence electrons. The molecule has 9 aromatic rings. The van der Waals surface area contributed by atoms with Gasteiger partial charge < -0.3 is 65.3 Å². The molecule has 22 heteroatoms. The Morgan fingerprint density at radius 3 is 0.899 bits per heavy atom. The highest BCUT2D eigenvalue weighted by Crippen LogP contribution is 2.36. The fourth-order valence-corrected chi connectivity index (χ4v) is 11.8. The Kier molecular flexibility index (Phi) is 22.5. The van der Waals surface area contributed by atoms with Gasteiger partial charge in [0.25, 0.3) is 17.7 Å². The van der Waals surface area contributed by atoms with Gasteiger partial charge in [0.2, 0.25) is 0 Å². The van der Waals surface area contributed by atoms with Crippen LogP contribution in [-0.2, 0) is 48.0 Å². The molecule has 0 unspecified atom stereocenters. The number of rotatable bonds is 30. The minimum absolute atomic E-state index is 0. The lowest BCUT2D eigenvalue weighted by molar-refractivity contribution is -0.134. The number of unbranched alkanes of at least 4 members (excludes halogenated alkanes) is 3. The largest absolute Gasteiger partial charge is 0.361 e. The number of carbonyl (C=O) groups excluding carboxylic acids is 6. The molecule has 9 rings (SSSR count). The van der Waals surface area contributed by atoms with Crippen LogP contribution in [0.3, 0.4) is 0 Å². The van der Waals surface area contributed by atoms with E-state index in [-0.39, 0.29) is 50.9 Å². The summed E-state index contributed by atoms with van der Waals surface area (Å²) in [5.74, 6) is -3.92. The topological polar surface area (TPSA) is 342 Å². The van der Waals surface area contributed by atoms with Crippen LogP contribution >= 0.6 is 47.2 Å². The number of nitrogens with two attached hydrogens (primary N) is 6. The zero-order valence-corrected chi connectivity index (χ0v) is 52.1. The van der Waals surface area contributed by atoms with Crippen LogP contribution in [0.1, 0.15) is 97.1 Å². The number of Topliss-reactive ketones (excluding diaryl/α,β-unsaturated/α-hetero) is 3. The second kappa shape index (κ2) is 29.7. The van der Waals surface area contributed by atoms with E-state index in [0.29, 0.717) is 107 Å². The molecule has 3 amide bonds. The third kappa shape index (κ3) is 15.5. The SMILES string of the molecule is Cl.NCCCC[C@](N)(C(=O)Cc1c[nH]c2cc(Cl)ccc12)C(=O)Nc1ccc(C(c2ccc(NC(=O)[C@](N)(CCCCN)C(=O)Cc3c[nH]c4cc(Cl)ccc34)cc2)c2ccc(NC(=O)[C@](N)(CCCCN)C(=O)Cc3c[nH]c4cc(Cl)ccc34)cc2)cc1. The number of carbonyl (C=O) groups is 6. The van der Waals surface area contributed by atoms with Gasteiger partial charge in [-0.25, -0.2) is 0 Å². The molecule has 0 radical (unpaired) electrons. The van der Waals surface area contributed by atoms with Gasteiger partial charge in [0, 0.05) is 109 Å². The molecule has 6 aromatic carbocycles. The van der Waals surface area contributed by atoms with Crippen molar-refractivity contribution in [2.45, 2.75) is 99.6 Å². The molecule has 3 aromatic heterocycles. The van der Waals surface area contributed by atoms with Crippen LogP contribution < -0.4 is 50.4 Å². The molecule has 0 saturated heterocycles. The lowest BCUT2D eigenvalue weighted by Gasteiger charge is -2.28. The summed E-state index contributed by atoms with van der Waals surface area (Å²) in [5, 5.41) is 12.7. The minimum Gasteiger partial charge on any atom is -0.361 e. The van der Waals surface area contributed by atoms with Gasteiger partial charge in [-0.3, -0.25) is 28.8 Å².